The summed E-state index contributed by atoms with van der Waals surface area (Å²) >= 11 is 0. The molecule has 0 unspecified atom stereocenters. The number of hydrogen-bond acceptors (Lipinski definition) is 5. The molecule has 0 saturated carbocycles. The average molecular weight is 369 g/mol. The van der Waals surface area contributed by atoms with E-state index in [0.717, 1.165) is 10.9 Å². The Hall–Kier alpha value is -3.15. The number of fused-ring (bicyclic) bond motifs is 1. The predicted molar refractivity (Wildman–Crippen MR) is 104 cm³/mol. The van der Waals surface area contributed by atoms with Gasteiger partial charge in [-0.15, -0.1) is 0 Å². The van der Waals surface area contributed by atoms with E-state index in [4.69, 9.17) is 18.6 Å². The fourth-order valence-electron chi connectivity index (χ4n) is 2.87. The highest BCUT2D eigenvalue weighted by atomic mass is 16.5. The largest absolute Gasteiger partial charge is 0.497 e. The molecule has 0 spiro atoms. The Morgan fingerprint density at radius 1 is 1.04 bits per heavy atom. The van der Waals surface area contributed by atoms with E-state index in [0.29, 0.717) is 41.7 Å². The zero-order valence-electron chi connectivity index (χ0n) is 15.9. The van der Waals surface area contributed by atoms with Gasteiger partial charge in [-0.3, -0.25) is 4.79 Å². The third-order valence-electron chi connectivity index (χ3n) is 4.16. The lowest BCUT2D eigenvalue weighted by Crippen LogP contribution is -2.13. The second-order valence-electron chi connectivity index (χ2n) is 5.90. The molecule has 142 valence electrons. The van der Waals surface area contributed by atoms with E-state index >= 15 is 0 Å². The van der Waals surface area contributed by atoms with Gasteiger partial charge in [0.2, 0.25) is 0 Å². The van der Waals surface area contributed by atoms with Crippen LogP contribution in [0.5, 0.6) is 17.2 Å². The van der Waals surface area contributed by atoms with Crippen LogP contribution in [0.3, 0.4) is 0 Å². The van der Waals surface area contributed by atoms with Crippen molar-refractivity contribution in [3.8, 4) is 17.2 Å². The SMILES string of the molecule is CCOc1ccc(OCC)c(NC(=O)c2oc3ccc(OC)cc3c2C)c1. The third-order valence-corrected chi connectivity index (χ3v) is 4.16. The lowest BCUT2D eigenvalue weighted by molar-refractivity contribution is 0.0997. The van der Waals surface area contributed by atoms with Crippen LogP contribution in [-0.2, 0) is 0 Å². The highest BCUT2D eigenvalue weighted by molar-refractivity contribution is 6.07. The second-order valence-corrected chi connectivity index (χ2v) is 5.90. The number of carbonyl (C=O) groups excluding carboxylic acids is 1. The second kappa shape index (κ2) is 8.03. The summed E-state index contributed by atoms with van der Waals surface area (Å²) in [5.74, 6) is 1.84. The van der Waals surface area contributed by atoms with Crippen molar-refractivity contribution in [3.63, 3.8) is 0 Å². The molecular formula is C21H23NO5. The molecule has 3 rings (SSSR count). The van der Waals surface area contributed by atoms with Gasteiger partial charge in [-0.2, -0.15) is 0 Å². The molecule has 2 aromatic carbocycles. The molecule has 1 N–H and O–H groups in total. The van der Waals surface area contributed by atoms with E-state index in [1.807, 2.05) is 32.9 Å². The van der Waals surface area contributed by atoms with Crippen molar-refractivity contribution in [2.45, 2.75) is 20.8 Å². The molecule has 1 heterocycles. The Bertz CT molecular complexity index is 961. The maximum absolute atomic E-state index is 12.9. The Morgan fingerprint density at radius 2 is 1.78 bits per heavy atom. The van der Waals surface area contributed by atoms with Crippen molar-refractivity contribution in [2.24, 2.45) is 0 Å². The van der Waals surface area contributed by atoms with Gasteiger partial charge >= 0.3 is 0 Å². The van der Waals surface area contributed by atoms with Crippen molar-refractivity contribution in [2.75, 3.05) is 25.6 Å². The third kappa shape index (κ3) is 3.84. The Morgan fingerprint density at radius 3 is 2.48 bits per heavy atom. The number of furan rings is 1. The number of rotatable bonds is 7. The normalized spacial score (nSPS) is 10.7. The molecule has 27 heavy (non-hydrogen) atoms. The minimum atomic E-state index is -0.350. The maximum atomic E-state index is 12.9. The molecule has 1 aromatic heterocycles. The van der Waals surface area contributed by atoms with Crippen molar-refractivity contribution in [1.29, 1.82) is 0 Å². The summed E-state index contributed by atoms with van der Waals surface area (Å²) < 4.78 is 22.1. The molecule has 0 aliphatic carbocycles. The first kappa shape index (κ1) is 18.6. The summed E-state index contributed by atoms with van der Waals surface area (Å²) in [6, 6.07) is 10.8. The van der Waals surface area contributed by atoms with Gasteiger partial charge in [0.1, 0.15) is 22.8 Å². The first-order valence-corrected chi connectivity index (χ1v) is 8.85. The molecule has 6 heteroatoms. The molecule has 0 radical (unpaired) electrons. The number of ether oxygens (including phenoxy) is 3. The van der Waals surface area contributed by atoms with Gasteiger partial charge in [-0.05, 0) is 51.1 Å². The summed E-state index contributed by atoms with van der Waals surface area (Å²) in [7, 11) is 1.60. The number of amides is 1. The van der Waals surface area contributed by atoms with Crippen molar-refractivity contribution < 1.29 is 23.4 Å². The van der Waals surface area contributed by atoms with Crippen LogP contribution in [0.4, 0.5) is 5.69 Å². The van der Waals surface area contributed by atoms with Crippen LogP contribution in [-0.4, -0.2) is 26.2 Å². The van der Waals surface area contributed by atoms with Crippen LogP contribution >= 0.6 is 0 Å². The molecule has 0 fully saturated rings. The number of hydrogen-bond donors (Lipinski definition) is 1. The van der Waals surface area contributed by atoms with Gasteiger partial charge in [0, 0.05) is 17.0 Å². The fourth-order valence-corrected chi connectivity index (χ4v) is 2.87. The molecule has 0 saturated heterocycles. The van der Waals surface area contributed by atoms with E-state index in [1.54, 1.807) is 31.4 Å². The van der Waals surface area contributed by atoms with Gasteiger partial charge in [0.15, 0.2) is 5.76 Å². The molecule has 1 amide bonds. The zero-order chi connectivity index (χ0) is 19.4. The highest BCUT2D eigenvalue weighted by Gasteiger charge is 2.20. The van der Waals surface area contributed by atoms with E-state index in [1.165, 1.54) is 0 Å². The van der Waals surface area contributed by atoms with Crippen LogP contribution < -0.4 is 19.5 Å². The zero-order valence-corrected chi connectivity index (χ0v) is 15.9. The van der Waals surface area contributed by atoms with E-state index in [-0.39, 0.29) is 11.7 Å². The Kier molecular flexibility index (Phi) is 5.54. The monoisotopic (exact) mass is 369 g/mol. The van der Waals surface area contributed by atoms with Crippen molar-refractivity contribution in [3.05, 3.63) is 47.7 Å². The van der Waals surface area contributed by atoms with Gasteiger partial charge in [-0.1, -0.05) is 0 Å². The number of anilines is 1. The summed E-state index contributed by atoms with van der Waals surface area (Å²) in [4.78, 5) is 12.9. The van der Waals surface area contributed by atoms with Crippen LogP contribution in [0.15, 0.2) is 40.8 Å². The molecular weight excluding hydrogens is 346 g/mol. The number of carbonyl (C=O) groups is 1. The van der Waals surface area contributed by atoms with E-state index < -0.39 is 0 Å². The topological polar surface area (TPSA) is 69.9 Å². The summed E-state index contributed by atoms with van der Waals surface area (Å²) in [6.07, 6.45) is 0. The maximum Gasteiger partial charge on any atom is 0.291 e. The summed E-state index contributed by atoms with van der Waals surface area (Å²) in [5.41, 5.74) is 1.91. The molecule has 0 atom stereocenters. The van der Waals surface area contributed by atoms with Gasteiger partial charge in [0.05, 0.1) is 26.0 Å². The van der Waals surface area contributed by atoms with Crippen LogP contribution in [0.2, 0.25) is 0 Å². The minimum absolute atomic E-state index is 0.252. The van der Waals surface area contributed by atoms with Gasteiger partial charge in [-0.25, -0.2) is 0 Å². The van der Waals surface area contributed by atoms with E-state index in [2.05, 4.69) is 5.32 Å². The highest BCUT2D eigenvalue weighted by Crippen LogP contribution is 2.32. The first-order valence-electron chi connectivity index (χ1n) is 8.85. The number of nitrogens with one attached hydrogen (secondary N) is 1. The lowest BCUT2D eigenvalue weighted by Gasteiger charge is -2.13. The number of methoxy groups -OCH3 is 1. The molecule has 0 bridgehead atoms. The molecule has 3 aromatic rings. The minimum Gasteiger partial charge on any atom is -0.497 e. The smallest absolute Gasteiger partial charge is 0.291 e. The average Bonchev–Trinajstić information content (AvgIpc) is 3.00. The Balaban J connectivity index is 1.94. The number of aryl methyl sites for hydroxylation is 1. The molecule has 0 aliphatic rings. The number of benzene rings is 2. The van der Waals surface area contributed by atoms with Crippen molar-refractivity contribution in [1.82, 2.24) is 0 Å². The standard InChI is InChI=1S/C21H23NO5/c1-5-25-15-8-10-19(26-6-2)17(12-15)22-21(23)20-13(3)16-11-14(24-4)7-9-18(16)27-20/h7-12H,5-6H2,1-4H3,(H,22,23). The van der Waals surface area contributed by atoms with Crippen LogP contribution in [0.25, 0.3) is 11.0 Å². The van der Waals surface area contributed by atoms with Crippen LogP contribution in [0, 0.1) is 6.92 Å². The molecule has 0 aliphatic heterocycles. The summed E-state index contributed by atoms with van der Waals surface area (Å²) in [5, 5.41) is 3.71. The summed E-state index contributed by atoms with van der Waals surface area (Å²) in [6.45, 7) is 6.66. The quantitative estimate of drug-likeness (QED) is 0.648. The lowest BCUT2D eigenvalue weighted by atomic mass is 10.1. The predicted octanol–water partition coefficient (Wildman–Crippen LogP) is 4.80. The molecule has 6 nitrogen and oxygen atoms in total. The fraction of sp³-hybridized carbons (Fsp3) is 0.286. The van der Waals surface area contributed by atoms with E-state index in [9.17, 15) is 4.79 Å². The Labute approximate surface area is 158 Å². The van der Waals surface area contributed by atoms with Gasteiger partial charge < -0.3 is 23.9 Å². The van der Waals surface area contributed by atoms with Crippen LogP contribution in [0.1, 0.15) is 30.0 Å². The first-order chi connectivity index (χ1) is 13.1. The van der Waals surface area contributed by atoms with Crippen molar-refractivity contribution >= 4 is 22.6 Å². The van der Waals surface area contributed by atoms with Gasteiger partial charge in [0.25, 0.3) is 5.91 Å².